The Labute approximate surface area is 181 Å². The number of hydrogen-bond donors (Lipinski definition) is 0. The Kier molecular flexibility index (Phi) is 12.5. The van der Waals surface area contributed by atoms with E-state index >= 15 is 0 Å². The zero-order valence-corrected chi connectivity index (χ0v) is 17.9. The van der Waals surface area contributed by atoms with Crippen LogP contribution in [0.4, 0.5) is 43.9 Å². The molecule has 0 saturated heterocycles. The van der Waals surface area contributed by atoms with E-state index in [0.717, 1.165) is 0 Å². The molecular formula is C16H22Cl2F10OS. The summed E-state index contributed by atoms with van der Waals surface area (Å²) in [5.41, 5.74) is 0. The highest BCUT2D eigenvalue weighted by Crippen LogP contribution is 2.42. The van der Waals surface area contributed by atoms with Crippen molar-refractivity contribution in [3.8, 4) is 0 Å². The summed E-state index contributed by atoms with van der Waals surface area (Å²) in [5.74, 6) is -10.2. The van der Waals surface area contributed by atoms with Crippen molar-refractivity contribution in [3.63, 3.8) is 0 Å². The van der Waals surface area contributed by atoms with Crippen LogP contribution in [0.3, 0.4) is 0 Å². The lowest BCUT2D eigenvalue weighted by atomic mass is 10.1. The third-order valence-corrected chi connectivity index (χ3v) is 7.16. The number of hydrogen-bond acceptors (Lipinski definition) is 1. The second kappa shape index (κ2) is 12.4. The highest BCUT2D eigenvalue weighted by molar-refractivity contribution is 7.92. The van der Waals surface area contributed by atoms with Gasteiger partial charge in [-0.2, -0.15) is 43.9 Å². The molecule has 0 aromatic carbocycles. The van der Waals surface area contributed by atoms with E-state index in [0.29, 0.717) is 0 Å². The molecule has 0 aliphatic carbocycles. The average Bonchev–Trinajstić information content (AvgIpc) is 2.59. The third-order valence-electron chi connectivity index (χ3n) is 4.37. The number of rotatable bonds is 14. The molecule has 0 amide bonds. The molecule has 0 rings (SSSR count). The molecule has 2 unspecified atom stereocenters. The number of halogens is 12. The summed E-state index contributed by atoms with van der Waals surface area (Å²) in [6.07, 6.45) is -16.8. The molecule has 0 aromatic rings. The van der Waals surface area contributed by atoms with Gasteiger partial charge in [-0.05, 0) is 36.9 Å². The minimum Gasteiger partial charge on any atom is -0.616 e. The predicted octanol–water partition coefficient (Wildman–Crippen LogP) is 7.47. The Morgan fingerprint density at radius 3 is 1.13 bits per heavy atom. The highest BCUT2D eigenvalue weighted by Gasteiger charge is 2.58. The summed E-state index contributed by atoms with van der Waals surface area (Å²) >= 11 is 8.72. The molecule has 1 nitrogen and oxygen atoms in total. The first-order valence-corrected chi connectivity index (χ1v) is 11.2. The van der Waals surface area contributed by atoms with Crippen LogP contribution in [0.15, 0.2) is 0 Å². The van der Waals surface area contributed by atoms with Crippen LogP contribution >= 0.6 is 23.2 Å². The molecule has 14 heteroatoms. The highest BCUT2D eigenvalue weighted by atomic mass is 35.5. The first kappa shape index (κ1) is 30.2. The van der Waals surface area contributed by atoms with Crippen LogP contribution in [-0.4, -0.2) is 51.0 Å². The molecule has 30 heavy (non-hydrogen) atoms. The monoisotopic (exact) mass is 522 g/mol. The zero-order chi connectivity index (χ0) is 23.8. The summed E-state index contributed by atoms with van der Waals surface area (Å²) in [6.45, 7) is 0. The van der Waals surface area contributed by atoms with Crippen molar-refractivity contribution < 1.29 is 48.5 Å². The Morgan fingerprint density at radius 2 is 0.900 bits per heavy atom. The molecule has 0 aromatic heterocycles. The van der Waals surface area contributed by atoms with Gasteiger partial charge in [0.05, 0.1) is 0 Å². The van der Waals surface area contributed by atoms with Crippen molar-refractivity contribution >= 4 is 34.4 Å². The molecule has 0 bridgehead atoms. The summed E-state index contributed by atoms with van der Waals surface area (Å²) < 4.78 is 140. The summed E-state index contributed by atoms with van der Waals surface area (Å²) in [6, 6.07) is 0. The number of alkyl halides is 12. The van der Waals surface area contributed by atoms with Gasteiger partial charge < -0.3 is 4.55 Å². The standard InChI is InChI=1S/C16H22Cl2F10OS/c17-9-1-3-11(5-7-13(19,20)15(23,24)25)30(29)12(4-2-10-18)6-8-14(21,22)16(26,27)28/h11-12H,1-10H2. The second-order valence-corrected chi connectivity index (χ2v) is 9.46. The molecule has 182 valence electrons. The van der Waals surface area contributed by atoms with Crippen molar-refractivity contribution in [1.29, 1.82) is 0 Å². The fourth-order valence-electron chi connectivity index (χ4n) is 2.60. The maximum absolute atomic E-state index is 13.2. The summed E-state index contributed by atoms with van der Waals surface area (Å²) in [5, 5.41) is -2.53. The molecule has 0 heterocycles. The van der Waals surface area contributed by atoms with Crippen LogP contribution in [0.5, 0.6) is 0 Å². The van der Waals surface area contributed by atoms with Crippen LogP contribution in [0.2, 0.25) is 0 Å². The van der Waals surface area contributed by atoms with E-state index in [1.165, 1.54) is 0 Å². The van der Waals surface area contributed by atoms with Gasteiger partial charge in [0, 0.05) is 37.4 Å². The lowest BCUT2D eigenvalue weighted by molar-refractivity contribution is -0.284. The topological polar surface area (TPSA) is 23.1 Å². The smallest absolute Gasteiger partial charge is 0.453 e. The van der Waals surface area contributed by atoms with E-state index < -0.39 is 71.6 Å². The quantitative estimate of drug-likeness (QED) is 0.132. The van der Waals surface area contributed by atoms with Gasteiger partial charge >= 0.3 is 24.2 Å². The van der Waals surface area contributed by atoms with Gasteiger partial charge in [0.25, 0.3) is 0 Å². The Balaban J connectivity index is 5.38. The van der Waals surface area contributed by atoms with E-state index in [2.05, 4.69) is 0 Å². The molecule has 0 aliphatic heterocycles. The molecule has 0 N–H and O–H groups in total. The molecule has 0 radical (unpaired) electrons. The zero-order valence-electron chi connectivity index (χ0n) is 15.6. The van der Waals surface area contributed by atoms with Crippen molar-refractivity contribution in [3.05, 3.63) is 0 Å². The molecule has 2 atom stereocenters. The van der Waals surface area contributed by atoms with Crippen LogP contribution < -0.4 is 0 Å². The van der Waals surface area contributed by atoms with Gasteiger partial charge in [-0.1, -0.05) is 0 Å². The lowest BCUT2D eigenvalue weighted by Gasteiger charge is -2.31. The Bertz CT molecular complexity index is 446. The molecule has 0 saturated carbocycles. The van der Waals surface area contributed by atoms with Crippen molar-refractivity contribution in [1.82, 2.24) is 0 Å². The lowest BCUT2D eigenvalue weighted by Crippen LogP contribution is -2.41. The minimum atomic E-state index is -5.82. The minimum absolute atomic E-state index is 0.0259. The molecule has 0 spiro atoms. The van der Waals surface area contributed by atoms with Crippen LogP contribution in [-0.2, 0) is 11.2 Å². The summed E-state index contributed by atoms with van der Waals surface area (Å²) in [4.78, 5) is 0. The third kappa shape index (κ3) is 9.77. The van der Waals surface area contributed by atoms with E-state index in [4.69, 9.17) is 23.2 Å². The van der Waals surface area contributed by atoms with E-state index in [1.807, 2.05) is 0 Å². The largest absolute Gasteiger partial charge is 0.616 e. The van der Waals surface area contributed by atoms with Gasteiger partial charge in [0.1, 0.15) is 10.5 Å². The van der Waals surface area contributed by atoms with Crippen LogP contribution in [0.1, 0.15) is 51.4 Å². The SMILES string of the molecule is [O-][S+](C(CCCCl)CCC(F)(F)C(F)(F)F)C(CCCCl)CCC(F)(F)C(F)(F)F. The van der Waals surface area contributed by atoms with Gasteiger partial charge in [0.2, 0.25) is 0 Å². The summed E-state index contributed by atoms with van der Waals surface area (Å²) in [7, 11) is 0. The van der Waals surface area contributed by atoms with Crippen LogP contribution in [0.25, 0.3) is 0 Å². The first-order valence-electron chi connectivity index (χ1n) is 8.90. The predicted molar refractivity (Wildman–Crippen MR) is 96.1 cm³/mol. The van der Waals surface area contributed by atoms with E-state index in [9.17, 15) is 48.5 Å². The first-order chi connectivity index (χ1) is 13.5. The van der Waals surface area contributed by atoms with Gasteiger partial charge in [-0.3, -0.25) is 0 Å². The maximum atomic E-state index is 13.2. The van der Waals surface area contributed by atoms with E-state index in [-0.39, 0.29) is 37.4 Å². The van der Waals surface area contributed by atoms with Gasteiger partial charge in [-0.25, -0.2) is 0 Å². The van der Waals surface area contributed by atoms with Crippen molar-refractivity contribution in [2.75, 3.05) is 11.8 Å². The van der Waals surface area contributed by atoms with E-state index in [1.54, 1.807) is 0 Å². The average molecular weight is 523 g/mol. The van der Waals surface area contributed by atoms with Crippen molar-refractivity contribution in [2.45, 2.75) is 86.1 Å². The molecule has 0 fully saturated rings. The Hall–Kier alpha value is 0.190. The van der Waals surface area contributed by atoms with Crippen molar-refractivity contribution in [2.24, 2.45) is 0 Å². The molecular weight excluding hydrogens is 501 g/mol. The normalized spacial score (nSPS) is 17.1. The van der Waals surface area contributed by atoms with Crippen LogP contribution in [0, 0.1) is 0 Å². The van der Waals surface area contributed by atoms with Gasteiger partial charge in [-0.15, -0.1) is 23.2 Å². The Morgan fingerprint density at radius 1 is 0.600 bits per heavy atom. The fourth-order valence-corrected chi connectivity index (χ4v) is 4.95. The maximum Gasteiger partial charge on any atom is 0.453 e. The molecule has 0 aliphatic rings. The second-order valence-electron chi connectivity index (χ2n) is 6.72. The van der Waals surface area contributed by atoms with Gasteiger partial charge in [0.15, 0.2) is 0 Å². The fraction of sp³-hybridized carbons (Fsp3) is 1.00.